The smallest absolute Gasteiger partial charge is 0.320 e. The molecule has 0 saturated carbocycles. The van der Waals surface area contributed by atoms with Crippen molar-refractivity contribution < 1.29 is 19.4 Å². The molecule has 2 atom stereocenters. The van der Waals surface area contributed by atoms with Crippen LogP contribution in [0.15, 0.2) is 42.5 Å². The fraction of sp³-hybridized carbons (Fsp3) is 0.409. The van der Waals surface area contributed by atoms with Crippen molar-refractivity contribution in [2.45, 2.75) is 31.0 Å². The summed E-state index contributed by atoms with van der Waals surface area (Å²) in [5.74, 6) is -1.21. The molecule has 0 amide bonds. The van der Waals surface area contributed by atoms with Crippen LogP contribution >= 0.6 is 30.6 Å². The van der Waals surface area contributed by atoms with Crippen LogP contribution in [0.2, 0.25) is 10.0 Å². The van der Waals surface area contributed by atoms with Gasteiger partial charge in [-0.1, -0.05) is 60.0 Å². The standard InChI is InChI=1S/C22H27Cl2N2O4P/c23-17-7-8-19(20(24)13-17)18-6-2-1-5-16(18)14-26-11-12-31(29,30)22(15-26,21(27)28)9-3-4-10-25/h1-2,5-8,13H,3-4,9-12,14-15,25H2,(H,27,28)(H,29,30). The van der Waals surface area contributed by atoms with Gasteiger partial charge in [0.15, 0.2) is 5.16 Å². The first-order valence-corrected chi connectivity index (χ1v) is 12.8. The predicted octanol–water partition coefficient (Wildman–Crippen LogP) is 4.70. The molecule has 9 heteroatoms. The van der Waals surface area contributed by atoms with Crippen LogP contribution < -0.4 is 5.73 Å². The first-order valence-electron chi connectivity index (χ1n) is 10.2. The molecule has 2 aromatic carbocycles. The van der Waals surface area contributed by atoms with E-state index in [2.05, 4.69) is 0 Å². The number of unbranched alkanes of at least 4 members (excludes halogenated alkanes) is 1. The monoisotopic (exact) mass is 484 g/mol. The van der Waals surface area contributed by atoms with Crippen LogP contribution in [0.3, 0.4) is 0 Å². The molecule has 4 N–H and O–H groups in total. The van der Waals surface area contributed by atoms with Gasteiger partial charge in [-0.2, -0.15) is 0 Å². The zero-order chi connectivity index (χ0) is 22.6. The highest BCUT2D eigenvalue weighted by Gasteiger charge is 2.56. The van der Waals surface area contributed by atoms with Gasteiger partial charge in [-0.25, -0.2) is 0 Å². The van der Waals surface area contributed by atoms with Crippen molar-refractivity contribution in [2.75, 3.05) is 25.8 Å². The van der Waals surface area contributed by atoms with Crippen LogP contribution in [0.5, 0.6) is 0 Å². The Labute approximate surface area is 192 Å². The van der Waals surface area contributed by atoms with Crippen molar-refractivity contribution in [1.82, 2.24) is 4.90 Å². The Hall–Kier alpha value is -1.40. The largest absolute Gasteiger partial charge is 0.480 e. The molecule has 3 rings (SSSR count). The Bertz CT molecular complexity index is 1000. The number of carboxylic acid groups (broad SMARTS) is 1. The second-order valence-corrected chi connectivity index (χ2v) is 11.5. The van der Waals surface area contributed by atoms with Gasteiger partial charge < -0.3 is 15.7 Å². The summed E-state index contributed by atoms with van der Waals surface area (Å²) in [7, 11) is -3.87. The zero-order valence-corrected chi connectivity index (χ0v) is 19.5. The first kappa shape index (κ1) is 24.2. The van der Waals surface area contributed by atoms with Crippen LogP contribution in [0, 0.1) is 0 Å². The van der Waals surface area contributed by atoms with Crippen LogP contribution in [0.4, 0.5) is 0 Å². The van der Waals surface area contributed by atoms with Gasteiger partial charge in [-0.05, 0) is 42.6 Å². The molecule has 1 fully saturated rings. The molecule has 31 heavy (non-hydrogen) atoms. The number of rotatable bonds is 8. The molecule has 6 nitrogen and oxygen atoms in total. The molecule has 1 aliphatic heterocycles. The summed E-state index contributed by atoms with van der Waals surface area (Å²) in [5, 5.41) is 9.38. The lowest BCUT2D eigenvalue weighted by atomic mass is 9.97. The number of aliphatic carboxylic acids is 1. The second-order valence-electron chi connectivity index (χ2n) is 8.00. The highest BCUT2D eigenvalue weighted by molar-refractivity contribution is 7.61. The van der Waals surface area contributed by atoms with Crippen LogP contribution in [-0.2, 0) is 15.9 Å². The molecule has 1 saturated heterocycles. The fourth-order valence-electron chi connectivity index (χ4n) is 4.19. The minimum Gasteiger partial charge on any atom is -0.480 e. The second kappa shape index (κ2) is 10.0. The molecular formula is C22H27Cl2N2O4P. The number of nitrogens with zero attached hydrogens (tertiary/aromatic N) is 1. The Kier molecular flexibility index (Phi) is 7.85. The van der Waals surface area contributed by atoms with E-state index in [1.807, 2.05) is 35.2 Å². The van der Waals surface area contributed by atoms with E-state index < -0.39 is 18.5 Å². The maximum absolute atomic E-state index is 13.0. The number of benzene rings is 2. The number of carboxylic acids is 1. The van der Waals surface area contributed by atoms with Crippen molar-refractivity contribution in [3.8, 4) is 11.1 Å². The Morgan fingerprint density at radius 3 is 2.58 bits per heavy atom. The molecule has 0 aliphatic carbocycles. The van der Waals surface area contributed by atoms with Gasteiger partial charge in [0.05, 0.1) is 0 Å². The first-order chi connectivity index (χ1) is 14.7. The number of nitrogens with two attached hydrogens (primary N) is 1. The summed E-state index contributed by atoms with van der Waals surface area (Å²) >= 11 is 12.5. The van der Waals surface area contributed by atoms with E-state index in [0.29, 0.717) is 42.5 Å². The lowest BCUT2D eigenvalue weighted by molar-refractivity contribution is -0.141. The van der Waals surface area contributed by atoms with E-state index in [9.17, 15) is 19.4 Å². The Morgan fingerprint density at radius 2 is 1.90 bits per heavy atom. The van der Waals surface area contributed by atoms with E-state index in [-0.39, 0.29) is 19.1 Å². The van der Waals surface area contributed by atoms with E-state index in [4.69, 9.17) is 28.9 Å². The normalized spacial score (nSPS) is 24.3. The molecule has 0 bridgehead atoms. The van der Waals surface area contributed by atoms with E-state index in [1.165, 1.54) is 0 Å². The maximum atomic E-state index is 13.0. The van der Waals surface area contributed by atoms with Gasteiger partial charge in [0.1, 0.15) is 0 Å². The third-order valence-electron chi connectivity index (χ3n) is 5.95. The van der Waals surface area contributed by atoms with Crippen molar-refractivity contribution in [3.63, 3.8) is 0 Å². The molecule has 2 unspecified atom stereocenters. The number of carbonyl (C=O) groups is 1. The van der Waals surface area contributed by atoms with Crippen LogP contribution in [-0.4, -0.2) is 51.8 Å². The van der Waals surface area contributed by atoms with Gasteiger partial charge in [-0.3, -0.25) is 14.3 Å². The summed E-state index contributed by atoms with van der Waals surface area (Å²) in [6, 6.07) is 13.1. The lowest BCUT2D eigenvalue weighted by Gasteiger charge is -2.43. The molecule has 0 spiro atoms. The molecule has 2 aromatic rings. The van der Waals surface area contributed by atoms with Crippen LogP contribution in [0.25, 0.3) is 11.1 Å². The van der Waals surface area contributed by atoms with E-state index >= 15 is 0 Å². The van der Waals surface area contributed by atoms with Crippen LogP contribution in [0.1, 0.15) is 24.8 Å². The minimum absolute atomic E-state index is 0.0172. The number of halogens is 2. The molecule has 168 valence electrons. The van der Waals surface area contributed by atoms with Crippen molar-refractivity contribution in [3.05, 3.63) is 58.1 Å². The quantitative estimate of drug-likeness (QED) is 0.370. The van der Waals surface area contributed by atoms with Gasteiger partial charge in [0, 0.05) is 41.4 Å². The summed E-state index contributed by atoms with van der Waals surface area (Å²) in [5.41, 5.74) is 8.26. The van der Waals surface area contributed by atoms with Gasteiger partial charge in [0.25, 0.3) is 0 Å². The number of hydrogen-bond donors (Lipinski definition) is 3. The van der Waals surface area contributed by atoms with Crippen molar-refractivity contribution in [1.29, 1.82) is 0 Å². The average molecular weight is 485 g/mol. The number of hydrogen-bond acceptors (Lipinski definition) is 4. The SMILES string of the molecule is NCCCCC1(C(=O)O)CN(Cc2ccccc2-c2ccc(Cl)cc2Cl)CCP1(=O)O. The van der Waals surface area contributed by atoms with Crippen molar-refractivity contribution in [2.24, 2.45) is 5.73 Å². The summed E-state index contributed by atoms with van der Waals surface area (Å²) in [4.78, 5) is 24.8. The van der Waals surface area contributed by atoms with E-state index in [1.54, 1.807) is 12.1 Å². The summed E-state index contributed by atoms with van der Waals surface area (Å²) in [6.07, 6.45) is 1.20. The highest BCUT2D eigenvalue weighted by atomic mass is 35.5. The minimum atomic E-state index is -3.87. The highest BCUT2D eigenvalue weighted by Crippen LogP contribution is 2.59. The van der Waals surface area contributed by atoms with Gasteiger partial charge in [-0.15, -0.1) is 0 Å². The van der Waals surface area contributed by atoms with Crippen molar-refractivity contribution >= 4 is 36.5 Å². The average Bonchev–Trinajstić information content (AvgIpc) is 2.71. The molecule has 1 aliphatic rings. The third kappa shape index (κ3) is 5.16. The zero-order valence-electron chi connectivity index (χ0n) is 17.1. The Morgan fingerprint density at radius 1 is 1.16 bits per heavy atom. The molecule has 0 radical (unpaired) electrons. The lowest BCUT2D eigenvalue weighted by Crippen LogP contribution is -2.53. The third-order valence-corrected chi connectivity index (χ3v) is 9.20. The molecule has 1 heterocycles. The Balaban J connectivity index is 1.90. The van der Waals surface area contributed by atoms with Gasteiger partial charge >= 0.3 is 5.97 Å². The summed E-state index contributed by atoms with van der Waals surface area (Å²) in [6.45, 7) is 1.23. The van der Waals surface area contributed by atoms with E-state index in [0.717, 1.165) is 16.7 Å². The molecule has 0 aromatic heterocycles. The van der Waals surface area contributed by atoms with Gasteiger partial charge in [0.2, 0.25) is 7.37 Å². The fourth-order valence-corrected chi connectivity index (χ4v) is 6.91. The summed E-state index contributed by atoms with van der Waals surface area (Å²) < 4.78 is 13.0. The predicted molar refractivity (Wildman–Crippen MR) is 125 cm³/mol. The topological polar surface area (TPSA) is 104 Å². The molecular weight excluding hydrogens is 458 g/mol. The maximum Gasteiger partial charge on any atom is 0.320 e.